The highest BCUT2D eigenvalue weighted by Crippen LogP contribution is 2.54. The van der Waals surface area contributed by atoms with E-state index in [1.807, 2.05) is 22.7 Å². The van der Waals surface area contributed by atoms with E-state index >= 15 is 0 Å². The Bertz CT molecular complexity index is 4320. The minimum atomic E-state index is -0.0715. The van der Waals surface area contributed by atoms with Gasteiger partial charge in [0.05, 0.1) is 17.1 Å². The standard InChI is InChI=1S/C74H68BN3S2/c1-7-10-18-48-25-32-55(33-26-48)77-63-46-58(76(54-23-14-13-15-24-54)57-36-30-51-21-16-17-22-52(51)44-57)47-64-71(63)75(61-37-41-67-69(72(61)77)59-43-50(20-12-9-3)29-39-65(59)79-67)62-38-42-68-70(60-45-53(74(4,5)6)31-40-66(60)80-68)73(62)78(64)56-34-27-49(28-35-56)19-11-8-2/h13-17,21-47H,7-12,18-20H2,1-6H3. The van der Waals surface area contributed by atoms with Crippen molar-refractivity contribution in [3.8, 4) is 0 Å². The first-order chi connectivity index (χ1) is 39.2. The van der Waals surface area contributed by atoms with E-state index in [4.69, 9.17) is 0 Å². The molecule has 0 radical (unpaired) electrons. The smallest absolute Gasteiger partial charge is 0.252 e. The maximum Gasteiger partial charge on any atom is 0.252 e. The molecule has 10 aromatic carbocycles. The lowest BCUT2D eigenvalue weighted by molar-refractivity contribution is 0.591. The molecule has 0 unspecified atom stereocenters. The van der Waals surface area contributed by atoms with Crippen LogP contribution in [0.3, 0.4) is 0 Å². The monoisotopic (exact) mass is 1070 g/mol. The van der Waals surface area contributed by atoms with Gasteiger partial charge in [-0.1, -0.05) is 158 Å². The summed E-state index contributed by atoms with van der Waals surface area (Å²) in [5, 5.41) is 7.83. The third kappa shape index (κ3) is 8.60. The van der Waals surface area contributed by atoms with Gasteiger partial charge in [-0.15, -0.1) is 22.7 Å². The fraction of sp³-hybridized carbons (Fsp3) is 0.216. The van der Waals surface area contributed by atoms with E-state index in [1.54, 1.807) is 0 Å². The van der Waals surface area contributed by atoms with Crippen LogP contribution in [0, 0.1) is 0 Å². The zero-order valence-corrected chi connectivity index (χ0v) is 48.7. The molecule has 0 N–H and O–H groups in total. The summed E-state index contributed by atoms with van der Waals surface area (Å²) in [5.74, 6) is 0. The predicted molar refractivity (Wildman–Crippen MR) is 353 cm³/mol. The lowest BCUT2D eigenvalue weighted by Crippen LogP contribution is -2.61. The third-order valence-electron chi connectivity index (χ3n) is 17.3. The SMILES string of the molecule is CCCCc1ccc(N2c3cc(N(c4ccccc4)c4ccc5ccccc5c4)cc4c3B(c3ccc5sc6ccc(CCCC)cc6c5c32)c2ccc3sc5ccc(C(C)(C)C)cc5c3c2N4c2ccc(CCCC)cc2)cc1. The Balaban J connectivity index is 1.15. The molecule has 12 aromatic rings. The quantitative estimate of drug-likeness (QED) is 0.101. The van der Waals surface area contributed by atoms with E-state index in [0.29, 0.717) is 0 Å². The van der Waals surface area contributed by atoms with Gasteiger partial charge >= 0.3 is 0 Å². The number of aryl methyl sites for hydroxylation is 3. The minimum Gasteiger partial charge on any atom is -0.311 e. The summed E-state index contributed by atoms with van der Waals surface area (Å²) in [6.45, 7) is 13.9. The van der Waals surface area contributed by atoms with Crippen molar-refractivity contribution in [2.24, 2.45) is 0 Å². The van der Waals surface area contributed by atoms with Crippen molar-refractivity contribution < 1.29 is 0 Å². The molecule has 0 bridgehead atoms. The molecule has 2 aliphatic heterocycles. The van der Waals surface area contributed by atoms with Gasteiger partial charge in [0.2, 0.25) is 0 Å². The summed E-state index contributed by atoms with van der Waals surface area (Å²) < 4.78 is 5.31. The van der Waals surface area contributed by atoms with Gasteiger partial charge in [0.15, 0.2) is 0 Å². The van der Waals surface area contributed by atoms with Crippen LogP contribution < -0.4 is 31.1 Å². The highest BCUT2D eigenvalue weighted by Gasteiger charge is 2.46. The average molecular weight is 1070 g/mol. The Morgan fingerprint density at radius 3 is 1.49 bits per heavy atom. The van der Waals surface area contributed by atoms with Gasteiger partial charge in [-0.3, -0.25) is 0 Å². The van der Waals surface area contributed by atoms with Gasteiger partial charge in [-0.05, 0) is 190 Å². The number of para-hydroxylation sites is 1. The Kier molecular flexibility index (Phi) is 12.9. The lowest BCUT2D eigenvalue weighted by atomic mass is 9.33. The molecule has 0 aliphatic carbocycles. The first-order valence-corrected chi connectivity index (χ1v) is 31.1. The topological polar surface area (TPSA) is 9.72 Å². The second-order valence-corrected chi connectivity index (χ2v) is 25.8. The highest BCUT2D eigenvalue weighted by atomic mass is 32.1. The maximum atomic E-state index is 2.69. The van der Waals surface area contributed by atoms with Crippen LogP contribution >= 0.6 is 22.7 Å². The van der Waals surface area contributed by atoms with E-state index in [2.05, 4.69) is 250 Å². The number of fused-ring (bicyclic) bond motifs is 13. The van der Waals surface area contributed by atoms with Gasteiger partial charge in [0.1, 0.15) is 0 Å². The maximum absolute atomic E-state index is 2.69. The van der Waals surface area contributed by atoms with Crippen molar-refractivity contribution in [3.63, 3.8) is 0 Å². The molecule has 0 spiro atoms. The Labute approximate surface area is 480 Å². The van der Waals surface area contributed by atoms with E-state index in [9.17, 15) is 0 Å². The number of hydrogen-bond acceptors (Lipinski definition) is 5. The number of rotatable bonds is 14. The highest BCUT2D eigenvalue weighted by molar-refractivity contribution is 7.26. The molecule has 2 aliphatic rings. The number of anilines is 9. The molecule has 0 atom stereocenters. The van der Waals surface area contributed by atoms with Crippen LogP contribution in [0.5, 0.6) is 0 Å². The van der Waals surface area contributed by atoms with Crippen molar-refractivity contribution in [1.29, 1.82) is 0 Å². The molecule has 0 saturated heterocycles. The van der Waals surface area contributed by atoms with Gasteiger partial charge in [-0.25, -0.2) is 0 Å². The van der Waals surface area contributed by atoms with E-state index in [-0.39, 0.29) is 12.1 Å². The number of thiophene rings is 2. The summed E-state index contributed by atoms with van der Waals surface area (Å²) in [4.78, 5) is 7.90. The zero-order chi connectivity index (χ0) is 54.2. The van der Waals surface area contributed by atoms with Crippen LogP contribution in [0.1, 0.15) is 102 Å². The Hall–Kier alpha value is -7.64. The van der Waals surface area contributed by atoms with Gasteiger partial charge < -0.3 is 14.7 Å². The summed E-state index contributed by atoms with van der Waals surface area (Å²) >= 11 is 3.87. The molecule has 14 rings (SSSR count). The van der Waals surface area contributed by atoms with Crippen LogP contribution in [0.4, 0.5) is 51.2 Å². The van der Waals surface area contributed by atoms with Crippen molar-refractivity contribution >= 4 is 148 Å². The first kappa shape index (κ1) is 50.6. The lowest BCUT2D eigenvalue weighted by Gasteiger charge is -2.45. The van der Waals surface area contributed by atoms with Gasteiger partial charge in [0.25, 0.3) is 6.71 Å². The molecule has 4 heterocycles. The molecule has 0 amide bonds. The second kappa shape index (κ2) is 20.5. The van der Waals surface area contributed by atoms with Crippen LogP contribution in [-0.4, -0.2) is 6.71 Å². The summed E-state index contributed by atoms with van der Waals surface area (Å²) in [6, 6.07) is 75.8. The molecular formula is C74H68BN3S2. The summed E-state index contributed by atoms with van der Waals surface area (Å²) in [6.07, 6.45) is 10.3. The number of unbranched alkanes of at least 4 members (excludes halogenated alkanes) is 3. The van der Waals surface area contributed by atoms with Crippen molar-refractivity contribution in [1.82, 2.24) is 0 Å². The molecule has 2 aromatic heterocycles. The minimum absolute atomic E-state index is 0.0174. The van der Waals surface area contributed by atoms with E-state index in [1.165, 1.54) is 162 Å². The number of hydrogen-bond donors (Lipinski definition) is 0. The summed E-state index contributed by atoms with van der Waals surface area (Å²) in [7, 11) is 0. The summed E-state index contributed by atoms with van der Waals surface area (Å²) in [5.41, 5.74) is 20.3. The molecule has 6 heteroatoms. The molecule has 0 fully saturated rings. The van der Waals surface area contributed by atoms with Crippen LogP contribution in [0.2, 0.25) is 0 Å². The number of nitrogens with zero attached hydrogens (tertiary/aromatic N) is 3. The van der Waals surface area contributed by atoms with Gasteiger partial charge in [0, 0.05) is 74.5 Å². The van der Waals surface area contributed by atoms with E-state index in [0.717, 1.165) is 36.3 Å². The van der Waals surface area contributed by atoms with Crippen molar-refractivity contribution in [2.45, 2.75) is 105 Å². The van der Waals surface area contributed by atoms with Crippen molar-refractivity contribution in [2.75, 3.05) is 14.7 Å². The molecule has 3 nitrogen and oxygen atoms in total. The normalized spacial score (nSPS) is 13.0. The van der Waals surface area contributed by atoms with Crippen LogP contribution in [-0.2, 0) is 24.7 Å². The molecule has 80 heavy (non-hydrogen) atoms. The molecular weight excluding hydrogens is 1010 g/mol. The van der Waals surface area contributed by atoms with E-state index < -0.39 is 0 Å². The average Bonchev–Trinajstić information content (AvgIpc) is 4.20. The molecule has 394 valence electrons. The number of benzene rings is 10. The fourth-order valence-electron chi connectivity index (χ4n) is 13.1. The second-order valence-electron chi connectivity index (χ2n) is 23.6. The Morgan fingerprint density at radius 1 is 0.425 bits per heavy atom. The molecule has 0 saturated carbocycles. The van der Waals surface area contributed by atoms with Crippen LogP contribution in [0.25, 0.3) is 51.1 Å². The van der Waals surface area contributed by atoms with Crippen molar-refractivity contribution in [3.05, 3.63) is 216 Å². The third-order valence-corrected chi connectivity index (χ3v) is 19.6. The fourth-order valence-corrected chi connectivity index (χ4v) is 15.3. The zero-order valence-electron chi connectivity index (χ0n) is 47.1. The van der Waals surface area contributed by atoms with Gasteiger partial charge in [-0.2, -0.15) is 0 Å². The largest absolute Gasteiger partial charge is 0.311 e. The first-order valence-electron chi connectivity index (χ1n) is 29.4. The Morgan fingerprint density at radius 2 is 0.925 bits per heavy atom. The predicted octanol–water partition coefficient (Wildman–Crippen LogP) is 20.5. The van der Waals surface area contributed by atoms with Crippen LogP contribution in [0.15, 0.2) is 194 Å².